The quantitative estimate of drug-likeness (QED) is 0.595. The number of benzene rings is 1. The SMILES string of the molecule is O=C(O)[C@@H](Cc1ccccc1[N+](=O)[O-])NC(=O)[C@H]1CCCO1. The van der Waals surface area contributed by atoms with Crippen LogP contribution in [-0.4, -0.2) is 40.7 Å². The van der Waals surface area contributed by atoms with E-state index >= 15 is 0 Å². The Morgan fingerprint density at radius 2 is 2.18 bits per heavy atom. The summed E-state index contributed by atoms with van der Waals surface area (Å²) in [6.07, 6.45) is 0.488. The summed E-state index contributed by atoms with van der Waals surface area (Å²) >= 11 is 0. The summed E-state index contributed by atoms with van der Waals surface area (Å²) in [5.74, 6) is -1.74. The van der Waals surface area contributed by atoms with Crippen molar-refractivity contribution in [3.63, 3.8) is 0 Å². The summed E-state index contributed by atoms with van der Waals surface area (Å²) in [7, 11) is 0. The van der Waals surface area contributed by atoms with E-state index in [9.17, 15) is 24.8 Å². The molecule has 1 aromatic rings. The molecule has 8 nitrogen and oxygen atoms in total. The summed E-state index contributed by atoms with van der Waals surface area (Å²) < 4.78 is 5.19. The molecule has 0 unspecified atom stereocenters. The lowest BCUT2D eigenvalue weighted by Crippen LogP contribution is -2.46. The number of nitro benzene ring substituents is 1. The number of nitro groups is 1. The molecule has 0 aromatic heterocycles. The summed E-state index contributed by atoms with van der Waals surface area (Å²) in [5.41, 5.74) is 0.0904. The van der Waals surface area contributed by atoms with E-state index in [-0.39, 0.29) is 17.7 Å². The van der Waals surface area contributed by atoms with Crippen LogP contribution in [0, 0.1) is 10.1 Å². The van der Waals surface area contributed by atoms with E-state index in [2.05, 4.69) is 5.32 Å². The van der Waals surface area contributed by atoms with Crippen molar-refractivity contribution in [1.29, 1.82) is 0 Å². The second-order valence-electron chi connectivity index (χ2n) is 4.99. The molecule has 2 atom stereocenters. The third-order valence-corrected chi connectivity index (χ3v) is 3.45. The standard InChI is InChI=1S/C14H16N2O6/c17-13(12-6-3-7-22-12)15-10(14(18)19)8-9-4-1-2-5-11(9)16(20)21/h1-2,4-5,10,12H,3,6-8H2,(H,15,17)(H,18,19)/t10-,12-/m1/s1. The molecule has 2 rings (SSSR count). The lowest BCUT2D eigenvalue weighted by Gasteiger charge is -2.17. The molecule has 1 heterocycles. The molecule has 1 saturated heterocycles. The average molecular weight is 308 g/mol. The van der Waals surface area contributed by atoms with Gasteiger partial charge in [0.1, 0.15) is 12.1 Å². The number of ether oxygens (including phenoxy) is 1. The molecule has 8 heteroatoms. The van der Waals surface area contributed by atoms with Crippen LogP contribution in [0.3, 0.4) is 0 Å². The molecular formula is C14H16N2O6. The molecule has 22 heavy (non-hydrogen) atoms. The third-order valence-electron chi connectivity index (χ3n) is 3.45. The van der Waals surface area contributed by atoms with Gasteiger partial charge in [0.05, 0.1) is 4.92 Å². The van der Waals surface area contributed by atoms with Gasteiger partial charge in [-0.1, -0.05) is 18.2 Å². The molecule has 1 fully saturated rings. The predicted molar refractivity (Wildman–Crippen MR) is 75.3 cm³/mol. The highest BCUT2D eigenvalue weighted by Gasteiger charge is 2.29. The molecular weight excluding hydrogens is 292 g/mol. The number of hydrogen-bond acceptors (Lipinski definition) is 5. The molecule has 1 aliphatic heterocycles. The Balaban J connectivity index is 2.10. The van der Waals surface area contributed by atoms with E-state index in [4.69, 9.17) is 4.74 Å². The van der Waals surface area contributed by atoms with Crippen LogP contribution < -0.4 is 5.32 Å². The minimum Gasteiger partial charge on any atom is -0.480 e. The van der Waals surface area contributed by atoms with Crippen molar-refractivity contribution in [3.05, 3.63) is 39.9 Å². The van der Waals surface area contributed by atoms with E-state index in [0.717, 1.165) is 6.42 Å². The second kappa shape index (κ2) is 6.99. The summed E-state index contributed by atoms with van der Waals surface area (Å²) in [6.45, 7) is 0.472. The van der Waals surface area contributed by atoms with Gasteiger partial charge in [0, 0.05) is 24.7 Å². The number of nitrogens with one attached hydrogen (secondary N) is 1. The molecule has 0 radical (unpaired) electrons. The number of carbonyl (C=O) groups is 2. The van der Waals surface area contributed by atoms with Gasteiger partial charge in [0.25, 0.3) is 5.69 Å². The summed E-state index contributed by atoms with van der Waals surface area (Å²) in [4.78, 5) is 33.6. The first kappa shape index (κ1) is 15.9. The Hall–Kier alpha value is -2.48. The summed E-state index contributed by atoms with van der Waals surface area (Å²) in [5, 5.41) is 22.6. The van der Waals surface area contributed by atoms with Crippen LogP contribution in [0.15, 0.2) is 24.3 Å². The normalized spacial score (nSPS) is 18.6. The Morgan fingerprint density at radius 3 is 2.77 bits per heavy atom. The number of rotatable bonds is 6. The zero-order valence-corrected chi connectivity index (χ0v) is 11.7. The highest BCUT2D eigenvalue weighted by molar-refractivity contribution is 5.86. The Bertz CT molecular complexity index is 582. The van der Waals surface area contributed by atoms with Crippen molar-refractivity contribution in [2.75, 3.05) is 6.61 Å². The van der Waals surface area contributed by atoms with Crippen LogP contribution >= 0.6 is 0 Å². The zero-order chi connectivity index (χ0) is 16.1. The fourth-order valence-corrected chi connectivity index (χ4v) is 2.33. The Morgan fingerprint density at radius 1 is 1.45 bits per heavy atom. The smallest absolute Gasteiger partial charge is 0.326 e. The Kier molecular flexibility index (Phi) is 5.05. The van der Waals surface area contributed by atoms with Gasteiger partial charge in [0.2, 0.25) is 5.91 Å². The highest BCUT2D eigenvalue weighted by atomic mass is 16.6. The van der Waals surface area contributed by atoms with E-state index in [1.807, 2.05) is 0 Å². The van der Waals surface area contributed by atoms with Gasteiger partial charge in [-0.15, -0.1) is 0 Å². The van der Waals surface area contributed by atoms with Crippen molar-refractivity contribution < 1.29 is 24.4 Å². The molecule has 1 aromatic carbocycles. The van der Waals surface area contributed by atoms with E-state index in [1.54, 1.807) is 6.07 Å². The molecule has 1 aliphatic rings. The number of para-hydroxylation sites is 1. The topological polar surface area (TPSA) is 119 Å². The third kappa shape index (κ3) is 3.79. The van der Waals surface area contributed by atoms with Crippen molar-refractivity contribution in [2.24, 2.45) is 0 Å². The molecule has 0 spiro atoms. The maximum atomic E-state index is 11.9. The van der Waals surface area contributed by atoms with Crippen LogP contribution in [0.2, 0.25) is 0 Å². The van der Waals surface area contributed by atoms with Gasteiger partial charge in [-0.05, 0) is 12.8 Å². The molecule has 0 bridgehead atoms. The fourth-order valence-electron chi connectivity index (χ4n) is 2.33. The number of carboxylic acids is 1. The van der Waals surface area contributed by atoms with Gasteiger partial charge < -0.3 is 15.2 Å². The van der Waals surface area contributed by atoms with E-state index in [1.165, 1.54) is 18.2 Å². The van der Waals surface area contributed by atoms with Gasteiger partial charge in [-0.25, -0.2) is 4.79 Å². The van der Waals surface area contributed by atoms with Crippen LogP contribution in [0.5, 0.6) is 0 Å². The Labute approximate surface area is 126 Å². The predicted octanol–water partition coefficient (Wildman–Crippen LogP) is 0.886. The van der Waals surface area contributed by atoms with Crippen molar-refractivity contribution in [1.82, 2.24) is 5.32 Å². The maximum Gasteiger partial charge on any atom is 0.326 e. The van der Waals surface area contributed by atoms with Gasteiger partial charge in [-0.3, -0.25) is 14.9 Å². The first-order valence-electron chi connectivity index (χ1n) is 6.86. The van der Waals surface area contributed by atoms with E-state index in [0.29, 0.717) is 13.0 Å². The number of hydrogen-bond donors (Lipinski definition) is 2. The molecule has 0 saturated carbocycles. The van der Waals surface area contributed by atoms with Crippen molar-refractivity contribution in [2.45, 2.75) is 31.4 Å². The van der Waals surface area contributed by atoms with Crippen LogP contribution in [0.4, 0.5) is 5.69 Å². The maximum absolute atomic E-state index is 11.9. The number of aliphatic carboxylic acids is 1. The first-order valence-corrected chi connectivity index (χ1v) is 6.86. The van der Waals surface area contributed by atoms with Crippen molar-refractivity contribution >= 4 is 17.6 Å². The number of amides is 1. The fraction of sp³-hybridized carbons (Fsp3) is 0.429. The van der Waals surface area contributed by atoms with Crippen molar-refractivity contribution in [3.8, 4) is 0 Å². The lowest BCUT2D eigenvalue weighted by molar-refractivity contribution is -0.385. The molecule has 2 N–H and O–H groups in total. The zero-order valence-electron chi connectivity index (χ0n) is 11.7. The average Bonchev–Trinajstić information content (AvgIpc) is 3.01. The minimum atomic E-state index is -1.25. The van der Waals surface area contributed by atoms with Crippen LogP contribution in [0.1, 0.15) is 18.4 Å². The van der Waals surface area contributed by atoms with Gasteiger partial charge in [0.15, 0.2) is 0 Å². The highest BCUT2D eigenvalue weighted by Crippen LogP contribution is 2.20. The largest absolute Gasteiger partial charge is 0.480 e. The molecule has 0 aliphatic carbocycles. The number of carbonyl (C=O) groups excluding carboxylic acids is 1. The number of nitrogens with zero attached hydrogens (tertiary/aromatic N) is 1. The lowest BCUT2D eigenvalue weighted by atomic mass is 10.0. The number of carboxylic acid groups (broad SMARTS) is 1. The van der Waals surface area contributed by atoms with Crippen LogP contribution in [-0.2, 0) is 20.7 Å². The van der Waals surface area contributed by atoms with E-state index < -0.39 is 28.9 Å². The van der Waals surface area contributed by atoms with Crippen LogP contribution in [0.25, 0.3) is 0 Å². The second-order valence-corrected chi connectivity index (χ2v) is 4.99. The van der Waals surface area contributed by atoms with Gasteiger partial charge >= 0.3 is 5.97 Å². The molecule has 118 valence electrons. The minimum absolute atomic E-state index is 0.162. The van der Waals surface area contributed by atoms with Gasteiger partial charge in [-0.2, -0.15) is 0 Å². The first-order chi connectivity index (χ1) is 10.5. The summed E-state index contributed by atoms with van der Waals surface area (Å²) in [6, 6.07) is 4.63. The monoisotopic (exact) mass is 308 g/mol. The molecule has 1 amide bonds.